The highest BCUT2D eigenvalue weighted by atomic mass is 16.3. The summed E-state index contributed by atoms with van der Waals surface area (Å²) in [5.41, 5.74) is 7.99. The van der Waals surface area contributed by atoms with Gasteiger partial charge in [-0.2, -0.15) is 0 Å². The van der Waals surface area contributed by atoms with Crippen molar-refractivity contribution >= 4 is 65.4 Å². The molecular formula is C47H27N3O2. The zero-order chi connectivity index (χ0) is 34.2. The first-order valence-corrected chi connectivity index (χ1v) is 17.3. The molecule has 0 radical (unpaired) electrons. The minimum Gasteiger partial charge on any atom is -0.456 e. The molecule has 52 heavy (non-hydrogen) atoms. The van der Waals surface area contributed by atoms with Crippen LogP contribution in [0.1, 0.15) is 0 Å². The second-order valence-electron chi connectivity index (χ2n) is 13.2. The lowest BCUT2D eigenvalue weighted by atomic mass is 9.94. The lowest BCUT2D eigenvalue weighted by Crippen LogP contribution is -2.00. The Labute approximate surface area is 297 Å². The largest absolute Gasteiger partial charge is 0.456 e. The average Bonchev–Trinajstić information content (AvgIpc) is 3.77. The van der Waals surface area contributed by atoms with Gasteiger partial charge in [0.2, 0.25) is 0 Å². The van der Waals surface area contributed by atoms with Crippen LogP contribution in [0.25, 0.3) is 111 Å². The number of aromatic nitrogens is 3. The maximum atomic E-state index is 6.75. The van der Waals surface area contributed by atoms with E-state index < -0.39 is 0 Å². The highest BCUT2D eigenvalue weighted by Gasteiger charge is 2.22. The molecule has 5 heteroatoms. The topological polar surface area (TPSA) is 65.0 Å². The molecule has 242 valence electrons. The number of para-hydroxylation sites is 1. The lowest BCUT2D eigenvalue weighted by Gasteiger charge is -2.12. The highest BCUT2D eigenvalue weighted by molar-refractivity contribution is 6.18. The van der Waals surface area contributed by atoms with Crippen LogP contribution < -0.4 is 0 Å². The number of hydrogen-bond donors (Lipinski definition) is 0. The Kier molecular flexibility index (Phi) is 6.18. The summed E-state index contributed by atoms with van der Waals surface area (Å²) in [6, 6.07) is 56.3. The van der Waals surface area contributed by atoms with Crippen molar-refractivity contribution in [3.8, 4) is 45.3 Å². The second kappa shape index (κ2) is 11.2. The monoisotopic (exact) mass is 665 g/mol. The molecule has 0 aliphatic heterocycles. The summed E-state index contributed by atoms with van der Waals surface area (Å²) in [5, 5.41) is 8.64. The Hall–Kier alpha value is -7.11. The van der Waals surface area contributed by atoms with Crippen LogP contribution in [-0.4, -0.2) is 15.0 Å². The van der Waals surface area contributed by atoms with Gasteiger partial charge in [0.1, 0.15) is 22.3 Å². The number of fused-ring (bicyclic) bond motifs is 8. The normalized spacial score (nSPS) is 11.8. The van der Waals surface area contributed by atoms with E-state index >= 15 is 0 Å². The first kappa shape index (κ1) is 28.7. The highest BCUT2D eigenvalue weighted by Crippen LogP contribution is 2.44. The maximum Gasteiger partial charge on any atom is 0.164 e. The van der Waals surface area contributed by atoms with Gasteiger partial charge in [0.15, 0.2) is 17.5 Å². The van der Waals surface area contributed by atoms with Crippen LogP contribution in [0.4, 0.5) is 0 Å². The van der Waals surface area contributed by atoms with Crippen LogP contribution in [0, 0.1) is 0 Å². The van der Waals surface area contributed by atoms with Gasteiger partial charge in [0, 0.05) is 38.2 Å². The zero-order valence-corrected chi connectivity index (χ0v) is 27.7. The quantitative estimate of drug-likeness (QED) is 0.187. The van der Waals surface area contributed by atoms with E-state index in [-0.39, 0.29) is 0 Å². The van der Waals surface area contributed by atoms with Crippen LogP contribution in [0.15, 0.2) is 173 Å². The Morgan fingerprint density at radius 3 is 1.79 bits per heavy atom. The van der Waals surface area contributed by atoms with Gasteiger partial charge in [0.05, 0.1) is 0 Å². The number of hydrogen-bond acceptors (Lipinski definition) is 5. The van der Waals surface area contributed by atoms with Gasteiger partial charge in [-0.3, -0.25) is 0 Å². The molecule has 0 spiro atoms. The summed E-state index contributed by atoms with van der Waals surface area (Å²) < 4.78 is 13.1. The van der Waals surface area contributed by atoms with Gasteiger partial charge in [-0.15, -0.1) is 0 Å². The van der Waals surface area contributed by atoms with Crippen molar-refractivity contribution in [3.63, 3.8) is 0 Å². The van der Waals surface area contributed by atoms with Crippen molar-refractivity contribution in [2.75, 3.05) is 0 Å². The molecule has 0 saturated carbocycles. The third-order valence-electron chi connectivity index (χ3n) is 10.1. The van der Waals surface area contributed by atoms with Gasteiger partial charge in [0.25, 0.3) is 0 Å². The smallest absolute Gasteiger partial charge is 0.164 e. The minimum atomic E-state index is 0.573. The fourth-order valence-corrected chi connectivity index (χ4v) is 7.61. The molecule has 8 aromatic carbocycles. The first-order valence-electron chi connectivity index (χ1n) is 17.3. The van der Waals surface area contributed by atoms with Gasteiger partial charge >= 0.3 is 0 Å². The maximum absolute atomic E-state index is 6.75. The molecule has 5 nitrogen and oxygen atoms in total. The van der Waals surface area contributed by atoms with Crippen LogP contribution in [-0.2, 0) is 0 Å². The summed E-state index contributed by atoms with van der Waals surface area (Å²) in [4.78, 5) is 15.5. The Bertz CT molecular complexity index is 3190. The second-order valence-corrected chi connectivity index (χ2v) is 13.2. The van der Waals surface area contributed by atoms with Crippen molar-refractivity contribution in [1.29, 1.82) is 0 Å². The predicted molar refractivity (Wildman–Crippen MR) is 211 cm³/mol. The van der Waals surface area contributed by atoms with Gasteiger partial charge in [-0.25, -0.2) is 15.0 Å². The predicted octanol–water partition coefficient (Wildman–Crippen LogP) is 12.6. The summed E-state index contributed by atoms with van der Waals surface area (Å²) >= 11 is 0. The van der Waals surface area contributed by atoms with E-state index in [2.05, 4.69) is 109 Å². The summed E-state index contributed by atoms with van der Waals surface area (Å²) in [6.45, 7) is 0. The van der Waals surface area contributed by atoms with Gasteiger partial charge in [-0.05, 0) is 75.1 Å². The molecule has 0 aliphatic rings. The SMILES string of the molecule is c1ccc(-c2nc(-c3ccc4ccccc4c3)nc(-c3cc(-c4cccc5oc6ccccc6c45)cc4oc5cc6ccccc6cc5c34)n2)cc1. The molecule has 0 amide bonds. The number of furan rings is 2. The van der Waals surface area contributed by atoms with E-state index in [9.17, 15) is 0 Å². The molecule has 11 aromatic rings. The molecule has 11 rings (SSSR count). The molecule has 0 aliphatic carbocycles. The van der Waals surface area contributed by atoms with Crippen molar-refractivity contribution in [2.24, 2.45) is 0 Å². The van der Waals surface area contributed by atoms with E-state index in [4.69, 9.17) is 23.8 Å². The van der Waals surface area contributed by atoms with Gasteiger partial charge < -0.3 is 8.83 Å². The van der Waals surface area contributed by atoms with Crippen LogP contribution >= 0.6 is 0 Å². The fraction of sp³-hybridized carbons (Fsp3) is 0. The standard InChI is InChI=1S/C47H27N3O2/c1-2-12-29(13-3-1)45-48-46(33-22-21-28-11-4-5-14-30(28)23-33)50-47(49-45)38-25-34(35-18-10-20-40-43(35)36-17-8-9-19-39(36)51-40)27-42-44(38)37-24-31-15-6-7-16-32(31)26-41(37)52-42/h1-27H. The van der Waals surface area contributed by atoms with E-state index in [0.29, 0.717) is 17.5 Å². The third kappa shape index (κ3) is 4.53. The van der Waals surface area contributed by atoms with Crippen LogP contribution in [0.5, 0.6) is 0 Å². The molecule has 0 N–H and O–H groups in total. The van der Waals surface area contributed by atoms with E-state index in [0.717, 1.165) is 93.2 Å². The van der Waals surface area contributed by atoms with Crippen molar-refractivity contribution in [3.05, 3.63) is 164 Å². The molecule has 0 bridgehead atoms. The molecule has 0 saturated heterocycles. The van der Waals surface area contributed by atoms with Crippen molar-refractivity contribution in [1.82, 2.24) is 15.0 Å². The lowest BCUT2D eigenvalue weighted by molar-refractivity contribution is 0.668. The Morgan fingerprint density at radius 1 is 0.308 bits per heavy atom. The molecule has 0 atom stereocenters. The number of benzene rings is 8. The average molecular weight is 666 g/mol. The molecule has 0 unspecified atom stereocenters. The zero-order valence-electron chi connectivity index (χ0n) is 27.7. The summed E-state index contributed by atoms with van der Waals surface area (Å²) in [6.07, 6.45) is 0. The Balaban J connectivity index is 1.24. The molecular weight excluding hydrogens is 639 g/mol. The van der Waals surface area contributed by atoms with Crippen molar-refractivity contribution < 1.29 is 8.83 Å². The minimum absolute atomic E-state index is 0.573. The number of rotatable bonds is 4. The van der Waals surface area contributed by atoms with Crippen LogP contribution in [0.2, 0.25) is 0 Å². The van der Waals surface area contributed by atoms with E-state index in [1.807, 2.05) is 54.6 Å². The van der Waals surface area contributed by atoms with Gasteiger partial charge in [-0.1, -0.05) is 121 Å². The summed E-state index contributed by atoms with van der Waals surface area (Å²) in [5.74, 6) is 1.78. The van der Waals surface area contributed by atoms with E-state index in [1.54, 1.807) is 0 Å². The van der Waals surface area contributed by atoms with Crippen molar-refractivity contribution in [2.45, 2.75) is 0 Å². The van der Waals surface area contributed by atoms with Crippen LogP contribution in [0.3, 0.4) is 0 Å². The molecule has 3 aromatic heterocycles. The molecule has 0 fully saturated rings. The summed E-state index contributed by atoms with van der Waals surface area (Å²) in [7, 11) is 0. The first-order chi connectivity index (χ1) is 25.7. The fourth-order valence-electron chi connectivity index (χ4n) is 7.61. The number of nitrogens with zero attached hydrogens (tertiary/aromatic N) is 3. The van der Waals surface area contributed by atoms with E-state index in [1.165, 1.54) is 0 Å². The Morgan fingerprint density at radius 2 is 0.942 bits per heavy atom. The molecule has 3 heterocycles. The third-order valence-corrected chi connectivity index (χ3v) is 10.1.